The molecular formula is C24H47Si6. The van der Waals surface area contributed by atoms with Crippen molar-refractivity contribution < 1.29 is 0 Å². The molecule has 3 aliphatic heterocycles. The summed E-state index contributed by atoms with van der Waals surface area (Å²) in [6.45, 7) is 0. The van der Waals surface area contributed by atoms with Crippen molar-refractivity contribution in [3.8, 4) is 0 Å². The maximum Gasteiger partial charge on any atom is 0.0303 e. The fourth-order valence-electron chi connectivity index (χ4n) is 5.07. The van der Waals surface area contributed by atoms with E-state index >= 15 is 0 Å². The molecule has 0 aromatic rings. The summed E-state index contributed by atoms with van der Waals surface area (Å²) < 4.78 is 0. The van der Waals surface area contributed by atoms with Crippen LogP contribution in [-0.2, 0) is 0 Å². The molecule has 3 aliphatic rings. The van der Waals surface area contributed by atoms with E-state index in [1.165, 1.54) is 120 Å². The van der Waals surface area contributed by atoms with E-state index in [9.17, 15) is 0 Å². The molecule has 2 bridgehead atoms. The average Bonchev–Trinajstić information content (AvgIpc) is 2.75. The van der Waals surface area contributed by atoms with Crippen molar-refractivity contribution in [1.82, 2.24) is 0 Å². The molecule has 0 atom stereocenters. The minimum Gasteiger partial charge on any atom is -0.0640 e. The summed E-state index contributed by atoms with van der Waals surface area (Å²) in [4.78, 5) is 0. The van der Waals surface area contributed by atoms with E-state index in [-0.39, 0.29) is 8.31 Å². The summed E-state index contributed by atoms with van der Waals surface area (Å²) in [5.41, 5.74) is 0. The Labute approximate surface area is 203 Å². The lowest BCUT2D eigenvalue weighted by atomic mass is 9.89. The first-order valence-electron chi connectivity index (χ1n) is 13.5. The summed E-state index contributed by atoms with van der Waals surface area (Å²) in [6.07, 6.45) is 30.8. The highest BCUT2D eigenvalue weighted by atomic mass is 29.9. The van der Waals surface area contributed by atoms with E-state index < -0.39 is 0 Å². The second-order valence-electron chi connectivity index (χ2n) is 9.77. The van der Waals surface area contributed by atoms with Gasteiger partial charge in [0.25, 0.3) is 0 Å². The van der Waals surface area contributed by atoms with Gasteiger partial charge in [0, 0.05) is 51.6 Å². The molecule has 0 nitrogen and oxygen atoms in total. The molecule has 11 radical (unpaired) electrons. The van der Waals surface area contributed by atoms with Gasteiger partial charge < -0.3 is 0 Å². The molecule has 0 aromatic carbocycles. The molecule has 167 valence electrons. The van der Waals surface area contributed by atoms with Crippen LogP contribution >= 0.6 is 0 Å². The molecule has 3 saturated heterocycles. The zero-order valence-electron chi connectivity index (χ0n) is 19.8. The molecular weight excluding hydrogens is 457 g/mol. The molecule has 30 heavy (non-hydrogen) atoms. The molecule has 0 aromatic heterocycles. The Morgan fingerprint density at radius 3 is 1.47 bits per heavy atom. The Hall–Kier alpha value is 1.30. The minimum atomic E-state index is 0.0276. The third kappa shape index (κ3) is 16.0. The van der Waals surface area contributed by atoms with Crippen molar-refractivity contribution in [3.63, 3.8) is 0 Å². The van der Waals surface area contributed by atoms with Crippen LogP contribution < -0.4 is 0 Å². The first-order valence-corrected chi connectivity index (χ1v) is 25.7. The van der Waals surface area contributed by atoms with Crippen LogP contribution in [0.2, 0.25) is 18.1 Å². The van der Waals surface area contributed by atoms with Crippen LogP contribution in [0.25, 0.3) is 0 Å². The van der Waals surface area contributed by atoms with Gasteiger partial charge in [0.2, 0.25) is 0 Å². The highest BCUT2D eigenvalue weighted by Crippen LogP contribution is 2.25. The summed E-state index contributed by atoms with van der Waals surface area (Å²) >= 11 is 0. The lowest BCUT2D eigenvalue weighted by molar-refractivity contribution is 0.366. The fraction of sp³-hybridized carbons (Fsp3) is 1.00. The Morgan fingerprint density at radius 1 is 0.433 bits per heavy atom. The average molecular weight is 504 g/mol. The van der Waals surface area contributed by atoms with Crippen LogP contribution in [0.4, 0.5) is 0 Å². The summed E-state index contributed by atoms with van der Waals surface area (Å²) in [6, 6.07) is 4.92. The molecule has 3 rings (SSSR count). The van der Waals surface area contributed by atoms with Crippen molar-refractivity contribution in [1.29, 1.82) is 0 Å². The molecule has 3 fully saturated rings. The van der Waals surface area contributed by atoms with Crippen molar-refractivity contribution in [2.75, 3.05) is 0 Å². The van der Waals surface area contributed by atoms with E-state index in [1.54, 1.807) is 69.5 Å². The van der Waals surface area contributed by atoms with Gasteiger partial charge in [0.15, 0.2) is 0 Å². The van der Waals surface area contributed by atoms with E-state index in [2.05, 4.69) is 0 Å². The SMILES string of the molecule is C1CCCC[Si]2CCCCCCCCC(CCC1)CCCCCCC[Si][Si][Si][Si][Si]2. The van der Waals surface area contributed by atoms with Crippen LogP contribution in [0, 0.1) is 5.92 Å². The maximum atomic E-state index is 1.67. The van der Waals surface area contributed by atoms with E-state index in [0.717, 1.165) is 5.92 Å². The van der Waals surface area contributed by atoms with Crippen molar-refractivity contribution in [2.45, 2.75) is 147 Å². The van der Waals surface area contributed by atoms with Gasteiger partial charge in [-0.25, -0.2) is 0 Å². The molecule has 0 saturated carbocycles. The lowest BCUT2D eigenvalue weighted by Crippen LogP contribution is -2.33. The summed E-state index contributed by atoms with van der Waals surface area (Å²) in [5.74, 6) is 1.07. The number of fused-ring (bicyclic) bond motifs is 25. The summed E-state index contributed by atoms with van der Waals surface area (Å²) in [5, 5.41) is 0. The Kier molecular flexibility index (Phi) is 19.2. The van der Waals surface area contributed by atoms with Gasteiger partial charge >= 0.3 is 0 Å². The standard InChI is InChI=1S/C24H47Si6/c1-3-10-16-22-30-23-17-11-4-2-7-13-19-24(18-12-6-1)20-14-8-5-9-15-21-25-26-27-28-29-30/h24H,1-23H2. The number of hydrogen-bond acceptors (Lipinski definition) is 0. The number of hydrogen-bond donors (Lipinski definition) is 0. The highest BCUT2D eigenvalue weighted by Gasteiger charge is 2.13. The quantitative estimate of drug-likeness (QED) is 0.311. The Balaban J connectivity index is 1.84. The molecule has 0 aliphatic carbocycles. The predicted octanol–water partition coefficient (Wildman–Crippen LogP) is 7.02. The minimum absolute atomic E-state index is 0.0276. The second kappa shape index (κ2) is 20.9. The second-order valence-corrected chi connectivity index (χ2v) is 29.0. The third-order valence-corrected chi connectivity index (χ3v) is 33.7. The topological polar surface area (TPSA) is 0 Å². The Morgan fingerprint density at radius 2 is 0.900 bits per heavy atom. The van der Waals surface area contributed by atoms with Crippen LogP contribution in [0.15, 0.2) is 0 Å². The van der Waals surface area contributed by atoms with Crippen LogP contribution in [-0.4, -0.2) is 51.6 Å². The van der Waals surface area contributed by atoms with Crippen LogP contribution in [0.3, 0.4) is 0 Å². The van der Waals surface area contributed by atoms with E-state index in [0.29, 0.717) is 0 Å². The van der Waals surface area contributed by atoms with Gasteiger partial charge in [0.05, 0.1) is 0 Å². The number of rotatable bonds is 0. The maximum absolute atomic E-state index is 1.67. The zero-order valence-corrected chi connectivity index (χ0v) is 25.8. The van der Waals surface area contributed by atoms with Crippen LogP contribution in [0.5, 0.6) is 0 Å². The Bertz CT molecular complexity index is 308. The van der Waals surface area contributed by atoms with Crippen molar-refractivity contribution >= 4 is 51.6 Å². The first-order chi connectivity index (χ1) is 14.9. The molecule has 3 heterocycles. The van der Waals surface area contributed by atoms with Crippen molar-refractivity contribution in [3.05, 3.63) is 0 Å². The molecule has 0 amide bonds. The predicted molar refractivity (Wildman–Crippen MR) is 145 cm³/mol. The monoisotopic (exact) mass is 503 g/mol. The largest absolute Gasteiger partial charge is 0.0640 e. The van der Waals surface area contributed by atoms with Crippen LogP contribution in [0.1, 0.15) is 128 Å². The fourth-order valence-corrected chi connectivity index (χ4v) is 39.3. The van der Waals surface area contributed by atoms with Gasteiger partial charge in [-0.2, -0.15) is 0 Å². The lowest BCUT2D eigenvalue weighted by Gasteiger charge is -2.18. The van der Waals surface area contributed by atoms with Gasteiger partial charge in [-0.3, -0.25) is 0 Å². The van der Waals surface area contributed by atoms with Crippen molar-refractivity contribution in [2.24, 2.45) is 5.92 Å². The van der Waals surface area contributed by atoms with Gasteiger partial charge in [-0.15, -0.1) is 0 Å². The molecule has 0 spiro atoms. The first kappa shape index (κ1) is 27.5. The zero-order chi connectivity index (χ0) is 21.0. The molecule has 0 N–H and O–H groups in total. The van der Waals surface area contributed by atoms with Gasteiger partial charge in [0.1, 0.15) is 0 Å². The highest BCUT2D eigenvalue weighted by molar-refractivity contribution is 7.60. The molecule has 6 heteroatoms. The normalized spacial score (nSPS) is 26.0. The third-order valence-electron chi connectivity index (χ3n) is 7.05. The van der Waals surface area contributed by atoms with E-state index in [4.69, 9.17) is 0 Å². The van der Waals surface area contributed by atoms with Gasteiger partial charge in [-0.05, 0) is 5.92 Å². The van der Waals surface area contributed by atoms with E-state index in [1.807, 2.05) is 0 Å². The molecule has 0 unspecified atom stereocenters. The smallest absolute Gasteiger partial charge is 0.0303 e. The summed E-state index contributed by atoms with van der Waals surface area (Å²) in [7, 11) is 6.88. The van der Waals surface area contributed by atoms with Gasteiger partial charge in [-0.1, -0.05) is 147 Å².